The fourth-order valence-corrected chi connectivity index (χ4v) is 1.85. The lowest BCUT2D eigenvalue weighted by atomic mass is 10.1. The van der Waals surface area contributed by atoms with Crippen LogP contribution in [0.4, 0.5) is 20.3 Å². The topological polar surface area (TPSA) is 54.0 Å². The Bertz CT molecular complexity index is 651. The standard InChI is InChI=1S/C15H15F2N3O/c1-3-18-14-11(16)7-10(8-12(14)17)15(21)20-13-6-4-5-9(2)19-13/h4-8,18H,3H2,1-2H3,(H,19,20,21). The number of aryl methyl sites for hydroxylation is 1. The summed E-state index contributed by atoms with van der Waals surface area (Å²) in [6.07, 6.45) is 0. The molecule has 0 saturated carbocycles. The summed E-state index contributed by atoms with van der Waals surface area (Å²) in [4.78, 5) is 16.1. The number of nitrogens with one attached hydrogen (secondary N) is 2. The lowest BCUT2D eigenvalue weighted by molar-refractivity contribution is 0.102. The van der Waals surface area contributed by atoms with Gasteiger partial charge in [-0.05, 0) is 38.1 Å². The van der Waals surface area contributed by atoms with Gasteiger partial charge in [-0.3, -0.25) is 4.79 Å². The molecule has 2 rings (SSSR count). The quantitative estimate of drug-likeness (QED) is 0.908. The molecule has 0 saturated heterocycles. The zero-order valence-electron chi connectivity index (χ0n) is 11.7. The van der Waals surface area contributed by atoms with Crippen LogP contribution in [-0.2, 0) is 0 Å². The highest BCUT2D eigenvalue weighted by Crippen LogP contribution is 2.21. The third-order valence-electron chi connectivity index (χ3n) is 2.79. The molecule has 0 unspecified atom stereocenters. The number of amides is 1. The minimum absolute atomic E-state index is 0.102. The monoisotopic (exact) mass is 291 g/mol. The molecule has 0 radical (unpaired) electrons. The molecule has 4 nitrogen and oxygen atoms in total. The van der Waals surface area contributed by atoms with Crippen LogP contribution in [0.5, 0.6) is 0 Å². The van der Waals surface area contributed by atoms with Crippen LogP contribution in [-0.4, -0.2) is 17.4 Å². The molecule has 21 heavy (non-hydrogen) atoms. The number of hydrogen-bond donors (Lipinski definition) is 2. The third kappa shape index (κ3) is 3.53. The number of carbonyl (C=O) groups excluding carboxylic acids is 1. The summed E-state index contributed by atoms with van der Waals surface area (Å²) in [5.74, 6) is -1.90. The molecule has 2 N–H and O–H groups in total. The molecule has 1 amide bonds. The summed E-state index contributed by atoms with van der Waals surface area (Å²) in [5, 5.41) is 5.07. The first-order valence-corrected chi connectivity index (χ1v) is 6.49. The van der Waals surface area contributed by atoms with Gasteiger partial charge in [0, 0.05) is 17.8 Å². The highest BCUT2D eigenvalue weighted by Gasteiger charge is 2.15. The summed E-state index contributed by atoms with van der Waals surface area (Å²) in [6, 6.07) is 7.09. The lowest BCUT2D eigenvalue weighted by Gasteiger charge is -2.09. The predicted molar refractivity (Wildman–Crippen MR) is 77.4 cm³/mol. The van der Waals surface area contributed by atoms with E-state index in [4.69, 9.17) is 0 Å². The molecule has 110 valence electrons. The van der Waals surface area contributed by atoms with Crippen LogP contribution in [0, 0.1) is 18.6 Å². The fourth-order valence-electron chi connectivity index (χ4n) is 1.85. The summed E-state index contributed by atoms with van der Waals surface area (Å²) in [6.45, 7) is 3.88. The molecule has 0 spiro atoms. The number of rotatable bonds is 4. The van der Waals surface area contributed by atoms with Crippen LogP contribution in [0.15, 0.2) is 30.3 Å². The maximum absolute atomic E-state index is 13.8. The number of pyridine rings is 1. The Balaban J connectivity index is 2.24. The normalized spacial score (nSPS) is 10.3. The van der Waals surface area contributed by atoms with Crippen LogP contribution < -0.4 is 10.6 Å². The average Bonchev–Trinajstić information content (AvgIpc) is 2.42. The van der Waals surface area contributed by atoms with Crippen LogP contribution in [0.1, 0.15) is 23.0 Å². The van der Waals surface area contributed by atoms with E-state index in [0.717, 1.165) is 17.8 Å². The van der Waals surface area contributed by atoms with E-state index < -0.39 is 17.5 Å². The maximum atomic E-state index is 13.8. The number of aromatic nitrogens is 1. The van der Waals surface area contributed by atoms with Crippen molar-refractivity contribution < 1.29 is 13.6 Å². The minimum atomic E-state index is -0.806. The van der Waals surface area contributed by atoms with E-state index in [0.29, 0.717) is 12.4 Å². The van der Waals surface area contributed by atoms with Gasteiger partial charge in [-0.2, -0.15) is 0 Å². The molecule has 2 aromatic rings. The Hall–Kier alpha value is -2.50. The van der Waals surface area contributed by atoms with Crippen molar-refractivity contribution in [1.29, 1.82) is 0 Å². The van der Waals surface area contributed by atoms with Crippen molar-refractivity contribution in [1.82, 2.24) is 4.98 Å². The largest absolute Gasteiger partial charge is 0.381 e. The van der Waals surface area contributed by atoms with E-state index in [9.17, 15) is 13.6 Å². The molecule has 0 fully saturated rings. The zero-order chi connectivity index (χ0) is 15.4. The van der Waals surface area contributed by atoms with Gasteiger partial charge in [0.05, 0.1) is 0 Å². The minimum Gasteiger partial charge on any atom is -0.381 e. The Morgan fingerprint density at radius 1 is 1.24 bits per heavy atom. The van der Waals surface area contributed by atoms with E-state index in [2.05, 4.69) is 15.6 Å². The van der Waals surface area contributed by atoms with E-state index in [-0.39, 0.29) is 11.3 Å². The molecule has 0 bridgehead atoms. The number of carbonyl (C=O) groups is 1. The Labute approximate surface area is 121 Å². The zero-order valence-corrected chi connectivity index (χ0v) is 11.7. The Morgan fingerprint density at radius 2 is 1.90 bits per heavy atom. The molecule has 6 heteroatoms. The highest BCUT2D eigenvalue weighted by atomic mass is 19.1. The number of nitrogens with zero attached hydrogens (tertiary/aromatic N) is 1. The molecule has 0 aliphatic heterocycles. The van der Waals surface area contributed by atoms with Gasteiger partial charge in [0.25, 0.3) is 5.91 Å². The van der Waals surface area contributed by atoms with Gasteiger partial charge in [-0.1, -0.05) is 6.07 Å². The van der Waals surface area contributed by atoms with Gasteiger partial charge in [-0.15, -0.1) is 0 Å². The first-order valence-electron chi connectivity index (χ1n) is 6.49. The maximum Gasteiger partial charge on any atom is 0.257 e. The van der Waals surface area contributed by atoms with Crippen molar-refractivity contribution >= 4 is 17.4 Å². The second-order valence-electron chi connectivity index (χ2n) is 4.46. The van der Waals surface area contributed by atoms with Crippen molar-refractivity contribution in [2.75, 3.05) is 17.2 Å². The summed E-state index contributed by atoms with van der Waals surface area (Å²) in [5.41, 5.74) is 0.394. The van der Waals surface area contributed by atoms with Crippen molar-refractivity contribution in [2.24, 2.45) is 0 Å². The van der Waals surface area contributed by atoms with Gasteiger partial charge >= 0.3 is 0 Å². The number of anilines is 2. The lowest BCUT2D eigenvalue weighted by Crippen LogP contribution is -2.14. The first-order chi connectivity index (χ1) is 10.0. The Morgan fingerprint density at radius 3 is 2.48 bits per heavy atom. The summed E-state index contributed by atoms with van der Waals surface area (Å²) in [7, 11) is 0. The van der Waals surface area contributed by atoms with Crippen LogP contribution >= 0.6 is 0 Å². The second-order valence-corrected chi connectivity index (χ2v) is 4.46. The molecule has 1 heterocycles. The smallest absolute Gasteiger partial charge is 0.257 e. The first kappa shape index (κ1) is 14.9. The average molecular weight is 291 g/mol. The fraction of sp³-hybridized carbons (Fsp3) is 0.200. The molecule has 0 aliphatic rings. The third-order valence-corrected chi connectivity index (χ3v) is 2.79. The molecule has 1 aromatic heterocycles. The van der Waals surface area contributed by atoms with Crippen LogP contribution in [0.25, 0.3) is 0 Å². The van der Waals surface area contributed by atoms with Gasteiger partial charge in [0.15, 0.2) is 0 Å². The molecular weight excluding hydrogens is 276 g/mol. The van der Waals surface area contributed by atoms with E-state index in [1.807, 2.05) is 0 Å². The predicted octanol–water partition coefficient (Wildman–Crippen LogP) is 3.35. The van der Waals surface area contributed by atoms with Crippen molar-refractivity contribution in [3.05, 3.63) is 53.2 Å². The molecule has 1 aromatic carbocycles. The summed E-state index contributed by atoms with van der Waals surface area (Å²) < 4.78 is 27.5. The molecular formula is C15H15F2N3O. The number of hydrogen-bond acceptors (Lipinski definition) is 3. The highest BCUT2D eigenvalue weighted by molar-refractivity contribution is 6.04. The van der Waals surface area contributed by atoms with E-state index >= 15 is 0 Å². The van der Waals surface area contributed by atoms with E-state index in [1.54, 1.807) is 32.0 Å². The van der Waals surface area contributed by atoms with Crippen LogP contribution in [0.3, 0.4) is 0 Å². The molecule has 0 aliphatic carbocycles. The van der Waals surface area contributed by atoms with Crippen molar-refractivity contribution in [2.45, 2.75) is 13.8 Å². The van der Waals surface area contributed by atoms with E-state index in [1.165, 1.54) is 0 Å². The van der Waals surface area contributed by atoms with Crippen molar-refractivity contribution in [3.63, 3.8) is 0 Å². The summed E-state index contributed by atoms with van der Waals surface area (Å²) >= 11 is 0. The SMILES string of the molecule is CCNc1c(F)cc(C(=O)Nc2cccc(C)n2)cc1F. The van der Waals surface area contributed by atoms with Crippen molar-refractivity contribution in [3.8, 4) is 0 Å². The van der Waals surface area contributed by atoms with Gasteiger partial charge in [0.1, 0.15) is 23.1 Å². The van der Waals surface area contributed by atoms with Gasteiger partial charge in [0.2, 0.25) is 0 Å². The number of halogens is 2. The van der Waals surface area contributed by atoms with Crippen LogP contribution in [0.2, 0.25) is 0 Å². The number of benzene rings is 1. The van der Waals surface area contributed by atoms with Gasteiger partial charge < -0.3 is 10.6 Å². The second kappa shape index (κ2) is 6.30. The Kier molecular flexibility index (Phi) is 4.47. The molecule has 0 atom stereocenters. The van der Waals surface area contributed by atoms with Gasteiger partial charge in [-0.25, -0.2) is 13.8 Å².